The van der Waals surface area contributed by atoms with Gasteiger partial charge in [-0.2, -0.15) is 0 Å². The molecule has 0 spiro atoms. The van der Waals surface area contributed by atoms with E-state index >= 15 is 0 Å². The van der Waals surface area contributed by atoms with E-state index in [1.807, 2.05) is 44.2 Å². The van der Waals surface area contributed by atoms with Gasteiger partial charge in [0, 0.05) is 22.9 Å². The Hall–Kier alpha value is -3.41. The molecule has 1 heterocycles. The second-order valence-electron chi connectivity index (χ2n) is 6.02. The van der Waals surface area contributed by atoms with Gasteiger partial charge < -0.3 is 15.8 Å². The Morgan fingerprint density at radius 2 is 1.81 bits per heavy atom. The van der Waals surface area contributed by atoms with Crippen molar-refractivity contribution in [1.29, 1.82) is 0 Å². The third-order valence-corrected chi connectivity index (χ3v) is 3.63. The van der Waals surface area contributed by atoms with Gasteiger partial charge in [-0.15, -0.1) is 0 Å². The standard InChI is InChI=1S/C20H20N4O2/c1-13(2)26-18-6-4-3-5-16(18)17-11-19(23-12-22-17)24-15-9-7-14(8-10-15)20(21)25/h3-13H,1-2H3,(H2,21,25)(H,22,23,24). The fourth-order valence-electron chi connectivity index (χ4n) is 2.47. The fraction of sp³-hybridized carbons (Fsp3) is 0.150. The Morgan fingerprint density at radius 3 is 2.50 bits per heavy atom. The van der Waals surface area contributed by atoms with Gasteiger partial charge in [-0.25, -0.2) is 9.97 Å². The van der Waals surface area contributed by atoms with Crippen LogP contribution in [0.3, 0.4) is 0 Å². The van der Waals surface area contributed by atoms with E-state index in [1.54, 1.807) is 24.3 Å². The highest BCUT2D eigenvalue weighted by Crippen LogP contribution is 2.30. The zero-order valence-electron chi connectivity index (χ0n) is 14.6. The number of hydrogen-bond donors (Lipinski definition) is 2. The van der Waals surface area contributed by atoms with Crippen LogP contribution in [0.5, 0.6) is 5.75 Å². The molecule has 0 aliphatic carbocycles. The van der Waals surface area contributed by atoms with Gasteiger partial charge in [0.25, 0.3) is 0 Å². The molecule has 0 bridgehead atoms. The Labute approximate surface area is 152 Å². The lowest BCUT2D eigenvalue weighted by Crippen LogP contribution is -2.10. The topological polar surface area (TPSA) is 90.1 Å². The fourth-order valence-corrected chi connectivity index (χ4v) is 2.47. The summed E-state index contributed by atoms with van der Waals surface area (Å²) in [6.07, 6.45) is 1.57. The van der Waals surface area contributed by atoms with Gasteiger partial charge in [-0.1, -0.05) is 12.1 Å². The van der Waals surface area contributed by atoms with Crippen molar-refractivity contribution < 1.29 is 9.53 Å². The van der Waals surface area contributed by atoms with Crippen LogP contribution in [0, 0.1) is 0 Å². The molecule has 1 aromatic heterocycles. The molecular weight excluding hydrogens is 328 g/mol. The molecule has 1 amide bonds. The molecule has 0 unspecified atom stereocenters. The smallest absolute Gasteiger partial charge is 0.248 e. The Balaban J connectivity index is 1.86. The van der Waals surface area contributed by atoms with Crippen molar-refractivity contribution in [1.82, 2.24) is 9.97 Å². The number of amides is 1. The SMILES string of the molecule is CC(C)Oc1ccccc1-c1cc(Nc2ccc(C(N)=O)cc2)ncn1. The van der Waals surface area contributed by atoms with Crippen LogP contribution >= 0.6 is 0 Å². The van der Waals surface area contributed by atoms with Gasteiger partial charge in [0.2, 0.25) is 5.91 Å². The van der Waals surface area contributed by atoms with Crippen molar-refractivity contribution in [2.45, 2.75) is 20.0 Å². The van der Waals surface area contributed by atoms with Crippen molar-refractivity contribution in [3.63, 3.8) is 0 Å². The van der Waals surface area contributed by atoms with Crippen LogP contribution in [0.2, 0.25) is 0 Å². The molecule has 3 aromatic rings. The number of nitrogens with two attached hydrogens (primary N) is 1. The molecule has 3 N–H and O–H groups in total. The lowest BCUT2D eigenvalue weighted by atomic mass is 10.1. The van der Waals surface area contributed by atoms with Crippen molar-refractivity contribution in [3.05, 3.63) is 66.5 Å². The summed E-state index contributed by atoms with van der Waals surface area (Å²) in [6.45, 7) is 3.97. The van der Waals surface area contributed by atoms with E-state index in [0.29, 0.717) is 11.4 Å². The highest BCUT2D eigenvalue weighted by Gasteiger charge is 2.10. The quantitative estimate of drug-likeness (QED) is 0.707. The number of nitrogens with zero attached hydrogens (tertiary/aromatic N) is 2. The molecule has 6 heteroatoms. The summed E-state index contributed by atoms with van der Waals surface area (Å²) in [5.74, 6) is 0.960. The first-order valence-corrected chi connectivity index (χ1v) is 8.28. The van der Waals surface area contributed by atoms with Gasteiger partial charge in [0.15, 0.2) is 0 Å². The number of ether oxygens (including phenoxy) is 1. The average molecular weight is 348 g/mol. The first kappa shape index (κ1) is 17.4. The number of rotatable bonds is 6. The number of carbonyl (C=O) groups excluding carboxylic acids is 1. The molecule has 0 fully saturated rings. The second kappa shape index (κ2) is 7.65. The number of carbonyl (C=O) groups is 1. The van der Waals surface area contributed by atoms with Gasteiger partial charge in [0.05, 0.1) is 11.8 Å². The van der Waals surface area contributed by atoms with E-state index in [0.717, 1.165) is 22.7 Å². The molecule has 26 heavy (non-hydrogen) atoms. The summed E-state index contributed by atoms with van der Waals surface area (Å²) >= 11 is 0. The van der Waals surface area contributed by atoms with E-state index in [-0.39, 0.29) is 6.10 Å². The molecule has 0 radical (unpaired) electrons. The van der Waals surface area contributed by atoms with Gasteiger partial charge in [-0.3, -0.25) is 4.79 Å². The number of hydrogen-bond acceptors (Lipinski definition) is 5. The summed E-state index contributed by atoms with van der Waals surface area (Å²) in [4.78, 5) is 19.8. The maximum absolute atomic E-state index is 11.1. The van der Waals surface area contributed by atoms with Crippen molar-refractivity contribution in [2.24, 2.45) is 5.73 Å². The maximum atomic E-state index is 11.1. The Kier molecular flexibility index (Phi) is 5.12. The maximum Gasteiger partial charge on any atom is 0.248 e. The first-order chi connectivity index (χ1) is 12.5. The number of benzene rings is 2. The molecule has 132 valence electrons. The predicted molar refractivity (Wildman–Crippen MR) is 101 cm³/mol. The summed E-state index contributed by atoms with van der Waals surface area (Å²) < 4.78 is 5.87. The molecule has 0 saturated heterocycles. The molecule has 0 saturated carbocycles. The monoisotopic (exact) mass is 348 g/mol. The third-order valence-electron chi connectivity index (χ3n) is 3.63. The molecule has 2 aromatic carbocycles. The van der Waals surface area contributed by atoms with Crippen LogP contribution in [0.25, 0.3) is 11.3 Å². The van der Waals surface area contributed by atoms with Crippen LogP contribution in [0.4, 0.5) is 11.5 Å². The Morgan fingerprint density at radius 1 is 1.08 bits per heavy atom. The number of primary amides is 1. The van der Waals surface area contributed by atoms with Crippen molar-refractivity contribution in [2.75, 3.05) is 5.32 Å². The van der Waals surface area contributed by atoms with E-state index in [2.05, 4.69) is 15.3 Å². The minimum Gasteiger partial charge on any atom is -0.490 e. The summed E-state index contributed by atoms with van der Waals surface area (Å²) in [7, 11) is 0. The minimum atomic E-state index is -0.456. The molecule has 3 rings (SSSR count). The number of para-hydroxylation sites is 1. The van der Waals surface area contributed by atoms with E-state index in [9.17, 15) is 4.79 Å². The highest BCUT2D eigenvalue weighted by atomic mass is 16.5. The lowest BCUT2D eigenvalue weighted by Gasteiger charge is -2.14. The summed E-state index contributed by atoms with van der Waals surface area (Å²) in [6, 6.07) is 16.5. The largest absolute Gasteiger partial charge is 0.490 e. The normalized spacial score (nSPS) is 10.6. The average Bonchev–Trinajstić information content (AvgIpc) is 2.62. The van der Waals surface area contributed by atoms with Gasteiger partial charge in [0.1, 0.15) is 17.9 Å². The second-order valence-corrected chi connectivity index (χ2v) is 6.02. The van der Waals surface area contributed by atoms with E-state index < -0.39 is 5.91 Å². The molecule has 0 aliphatic heterocycles. The third kappa shape index (κ3) is 4.16. The van der Waals surface area contributed by atoms with E-state index in [4.69, 9.17) is 10.5 Å². The van der Waals surface area contributed by atoms with E-state index in [1.165, 1.54) is 6.33 Å². The minimum absolute atomic E-state index is 0.0688. The summed E-state index contributed by atoms with van der Waals surface area (Å²) in [5, 5.41) is 3.20. The number of anilines is 2. The lowest BCUT2D eigenvalue weighted by molar-refractivity contribution is 0.100. The van der Waals surface area contributed by atoms with Gasteiger partial charge in [-0.05, 0) is 50.2 Å². The van der Waals surface area contributed by atoms with Crippen LogP contribution in [-0.2, 0) is 0 Å². The molecule has 0 atom stereocenters. The summed E-state index contributed by atoms with van der Waals surface area (Å²) in [5.41, 5.74) is 8.17. The Bertz CT molecular complexity index is 908. The van der Waals surface area contributed by atoms with Crippen LogP contribution < -0.4 is 15.8 Å². The predicted octanol–water partition coefficient (Wildman–Crippen LogP) is 3.77. The zero-order valence-corrected chi connectivity index (χ0v) is 14.6. The van der Waals surface area contributed by atoms with Gasteiger partial charge >= 0.3 is 0 Å². The number of nitrogens with one attached hydrogen (secondary N) is 1. The van der Waals surface area contributed by atoms with Crippen LogP contribution in [0.15, 0.2) is 60.9 Å². The van der Waals surface area contributed by atoms with Crippen molar-refractivity contribution >= 4 is 17.4 Å². The first-order valence-electron chi connectivity index (χ1n) is 8.28. The van der Waals surface area contributed by atoms with Crippen molar-refractivity contribution in [3.8, 4) is 17.0 Å². The van der Waals surface area contributed by atoms with Crippen LogP contribution in [-0.4, -0.2) is 22.0 Å². The molecular formula is C20H20N4O2. The highest BCUT2D eigenvalue weighted by molar-refractivity contribution is 5.93. The van der Waals surface area contributed by atoms with Crippen LogP contribution in [0.1, 0.15) is 24.2 Å². The number of aromatic nitrogens is 2. The molecule has 6 nitrogen and oxygen atoms in total. The molecule has 0 aliphatic rings. The zero-order chi connectivity index (χ0) is 18.5.